The molecule has 3 aromatic rings. The first-order valence-electron chi connectivity index (χ1n) is 12.3. The second-order valence-corrected chi connectivity index (χ2v) is 10.6. The van der Waals surface area contributed by atoms with Gasteiger partial charge in [0.05, 0.1) is 26.7 Å². The summed E-state index contributed by atoms with van der Waals surface area (Å²) in [5, 5.41) is 13.4. The molecule has 2 aromatic carbocycles. The van der Waals surface area contributed by atoms with Crippen molar-refractivity contribution < 1.29 is 14.4 Å². The molecular formula is C29H30ClN3O3S. The summed E-state index contributed by atoms with van der Waals surface area (Å²) in [5.74, 6) is -1.13. The summed E-state index contributed by atoms with van der Waals surface area (Å²) in [6.45, 7) is 5.43. The summed E-state index contributed by atoms with van der Waals surface area (Å²) >= 11 is 7.58. The van der Waals surface area contributed by atoms with Crippen molar-refractivity contribution in [2.45, 2.75) is 57.9 Å². The van der Waals surface area contributed by atoms with Crippen molar-refractivity contribution in [2.24, 2.45) is 5.92 Å². The zero-order valence-electron chi connectivity index (χ0n) is 20.8. The van der Waals surface area contributed by atoms with Gasteiger partial charge in [0.25, 0.3) is 0 Å². The fourth-order valence-corrected chi connectivity index (χ4v) is 5.44. The van der Waals surface area contributed by atoms with E-state index in [2.05, 4.69) is 16.9 Å². The van der Waals surface area contributed by atoms with Gasteiger partial charge in [-0.2, -0.15) is 5.26 Å². The normalized spacial score (nSPS) is 12.5. The van der Waals surface area contributed by atoms with Crippen LogP contribution in [0.25, 0.3) is 10.2 Å². The van der Waals surface area contributed by atoms with E-state index in [1.165, 1.54) is 11.3 Å². The third kappa shape index (κ3) is 8.63. The molecule has 0 spiro atoms. The van der Waals surface area contributed by atoms with Crippen LogP contribution in [-0.4, -0.2) is 28.5 Å². The lowest BCUT2D eigenvalue weighted by Gasteiger charge is -2.22. The minimum Gasteiger partial charge on any atom is -0.353 e. The number of nitriles is 1. The molecule has 1 aromatic heterocycles. The number of carbonyl (C=O) groups excluding carboxylic acids is 3. The topological polar surface area (TPSA) is 99.9 Å². The molecule has 0 saturated carbocycles. The molecule has 0 radical (unpaired) electrons. The molecule has 1 heterocycles. The van der Waals surface area contributed by atoms with Gasteiger partial charge < -0.3 is 5.32 Å². The molecule has 3 rings (SSSR count). The summed E-state index contributed by atoms with van der Waals surface area (Å²) < 4.78 is 0.930. The van der Waals surface area contributed by atoms with Crippen LogP contribution >= 0.6 is 22.9 Å². The number of Topliss-reactive ketones (excluding diaryl/α,β-unsaturated/α-hetero) is 2. The van der Waals surface area contributed by atoms with Crippen molar-refractivity contribution in [3.8, 4) is 6.07 Å². The van der Waals surface area contributed by atoms with Gasteiger partial charge in [-0.25, -0.2) is 4.98 Å². The molecule has 8 heteroatoms. The van der Waals surface area contributed by atoms with Gasteiger partial charge in [-0.15, -0.1) is 11.3 Å². The number of rotatable bonds is 14. The minimum atomic E-state index is -0.585. The van der Waals surface area contributed by atoms with Crippen LogP contribution in [0.4, 0.5) is 0 Å². The molecule has 37 heavy (non-hydrogen) atoms. The smallest absolute Gasteiger partial charge is 0.224 e. The maximum Gasteiger partial charge on any atom is 0.224 e. The molecule has 0 aliphatic rings. The van der Waals surface area contributed by atoms with Gasteiger partial charge in [0.1, 0.15) is 11.9 Å². The Morgan fingerprint density at radius 3 is 2.59 bits per heavy atom. The largest absolute Gasteiger partial charge is 0.353 e. The molecular weight excluding hydrogens is 506 g/mol. The van der Waals surface area contributed by atoms with Crippen LogP contribution in [-0.2, 0) is 27.2 Å². The van der Waals surface area contributed by atoms with Crippen LogP contribution in [0.5, 0.6) is 0 Å². The van der Waals surface area contributed by atoms with E-state index in [4.69, 9.17) is 16.9 Å². The number of amides is 1. The summed E-state index contributed by atoms with van der Waals surface area (Å²) in [6, 6.07) is 16.6. The van der Waals surface area contributed by atoms with Crippen molar-refractivity contribution >= 4 is 50.6 Å². The van der Waals surface area contributed by atoms with E-state index in [1.807, 2.05) is 49.4 Å². The first-order valence-corrected chi connectivity index (χ1v) is 13.5. The molecule has 1 N–H and O–H groups in total. The quantitative estimate of drug-likeness (QED) is 0.201. The van der Waals surface area contributed by atoms with Gasteiger partial charge >= 0.3 is 0 Å². The van der Waals surface area contributed by atoms with Gasteiger partial charge in [-0.3, -0.25) is 14.4 Å². The number of nitrogens with zero attached hydrogens (tertiary/aromatic N) is 2. The third-order valence-electron chi connectivity index (χ3n) is 6.05. The fraction of sp³-hybridized carbons (Fsp3) is 0.345. The van der Waals surface area contributed by atoms with E-state index >= 15 is 0 Å². The maximum atomic E-state index is 13.5. The number of aromatic nitrogens is 1. The van der Waals surface area contributed by atoms with E-state index in [-0.39, 0.29) is 41.9 Å². The number of thiazole rings is 1. The van der Waals surface area contributed by atoms with Crippen LogP contribution in [0.2, 0.25) is 5.02 Å². The van der Waals surface area contributed by atoms with Gasteiger partial charge in [-0.1, -0.05) is 55.4 Å². The van der Waals surface area contributed by atoms with Crippen molar-refractivity contribution in [3.63, 3.8) is 0 Å². The highest BCUT2D eigenvalue weighted by Crippen LogP contribution is 2.28. The fourth-order valence-electron chi connectivity index (χ4n) is 4.12. The van der Waals surface area contributed by atoms with Crippen LogP contribution in [0.1, 0.15) is 49.6 Å². The second-order valence-electron chi connectivity index (χ2n) is 9.06. The Balaban J connectivity index is 1.79. The highest BCUT2D eigenvalue weighted by atomic mass is 35.5. The van der Waals surface area contributed by atoms with Crippen LogP contribution in [0.3, 0.4) is 0 Å². The van der Waals surface area contributed by atoms with Crippen molar-refractivity contribution in [2.75, 3.05) is 0 Å². The number of halogens is 1. The van der Waals surface area contributed by atoms with Gasteiger partial charge in [0, 0.05) is 36.7 Å². The molecule has 192 valence electrons. The third-order valence-corrected chi connectivity index (χ3v) is 7.33. The molecule has 0 bridgehead atoms. The first-order chi connectivity index (χ1) is 17.8. The zero-order chi connectivity index (χ0) is 26.8. The Morgan fingerprint density at radius 1 is 1.14 bits per heavy atom. The van der Waals surface area contributed by atoms with Crippen molar-refractivity contribution in [1.82, 2.24) is 10.3 Å². The average Bonchev–Trinajstić information content (AvgIpc) is 3.28. The SMILES string of the molecule is C=C(C#N)C(=O)CC[C@H](Cc1ccccc1)NC(=O)[C@@H](CC(=O)CCC)Cc1nc2ccc(Cl)cc2s1. The Kier molecular flexibility index (Phi) is 10.6. The Hall–Kier alpha value is -3.34. The van der Waals surface area contributed by atoms with Crippen LogP contribution in [0, 0.1) is 17.2 Å². The maximum absolute atomic E-state index is 13.5. The number of fused-ring (bicyclic) bond motifs is 1. The molecule has 1 amide bonds. The van der Waals surface area contributed by atoms with Gasteiger partial charge in [0.15, 0.2) is 5.78 Å². The van der Waals surface area contributed by atoms with E-state index in [0.717, 1.165) is 20.8 Å². The molecule has 0 aliphatic heterocycles. The number of nitrogens with one attached hydrogen (secondary N) is 1. The predicted octanol–water partition coefficient (Wildman–Crippen LogP) is 6.02. The lowest BCUT2D eigenvalue weighted by molar-refractivity contribution is -0.130. The monoisotopic (exact) mass is 535 g/mol. The average molecular weight is 536 g/mol. The molecule has 6 nitrogen and oxygen atoms in total. The van der Waals surface area contributed by atoms with E-state index < -0.39 is 5.92 Å². The van der Waals surface area contributed by atoms with E-state index in [9.17, 15) is 14.4 Å². The van der Waals surface area contributed by atoms with E-state index in [0.29, 0.717) is 37.1 Å². The molecule has 2 atom stereocenters. The number of benzene rings is 2. The van der Waals surface area contributed by atoms with Crippen LogP contribution in [0.15, 0.2) is 60.7 Å². The number of hydrogen-bond donors (Lipinski definition) is 1. The second kappa shape index (κ2) is 13.8. The minimum absolute atomic E-state index is 0.0342. The lowest BCUT2D eigenvalue weighted by Crippen LogP contribution is -2.41. The molecule has 0 aliphatic carbocycles. The van der Waals surface area contributed by atoms with Gasteiger partial charge in [-0.05, 0) is 43.0 Å². The summed E-state index contributed by atoms with van der Waals surface area (Å²) in [6.07, 6.45) is 2.57. The Labute approximate surface area is 226 Å². The summed E-state index contributed by atoms with van der Waals surface area (Å²) in [4.78, 5) is 43.0. The predicted molar refractivity (Wildman–Crippen MR) is 147 cm³/mol. The molecule has 0 fully saturated rings. The van der Waals surface area contributed by atoms with Gasteiger partial charge in [0.2, 0.25) is 5.91 Å². The van der Waals surface area contributed by atoms with Crippen molar-refractivity contribution in [3.05, 3.63) is 76.3 Å². The highest BCUT2D eigenvalue weighted by molar-refractivity contribution is 7.18. The summed E-state index contributed by atoms with van der Waals surface area (Å²) in [7, 11) is 0. The highest BCUT2D eigenvalue weighted by Gasteiger charge is 2.26. The number of allylic oxidation sites excluding steroid dienone is 1. The Bertz CT molecular complexity index is 1310. The van der Waals surface area contributed by atoms with E-state index in [1.54, 1.807) is 12.1 Å². The number of carbonyl (C=O) groups is 3. The zero-order valence-corrected chi connectivity index (χ0v) is 22.4. The Morgan fingerprint density at radius 2 is 1.89 bits per heavy atom. The summed E-state index contributed by atoms with van der Waals surface area (Å²) in [5.41, 5.74) is 1.73. The number of ketones is 2. The van der Waals surface area contributed by atoms with Crippen molar-refractivity contribution in [1.29, 1.82) is 5.26 Å². The molecule has 0 unspecified atom stereocenters. The molecule has 0 saturated heterocycles. The van der Waals surface area contributed by atoms with Crippen LogP contribution < -0.4 is 5.32 Å². The standard InChI is InChI=1S/C29H30ClN3O3S/c1-3-7-24(34)15-21(16-28-33-25-12-10-22(30)17-27(25)37-28)29(36)32-23(11-13-26(35)19(2)18-31)14-20-8-5-4-6-9-20/h4-6,8-10,12,17,21,23H,2-3,7,11,13-16H2,1H3,(H,32,36)/t21-,23+/m0/s1. The number of hydrogen-bond acceptors (Lipinski definition) is 6. The first kappa shape index (κ1) is 28.2. The lowest BCUT2D eigenvalue weighted by atomic mass is 9.94.